The molecule has 3 aliphatic rings. The van der Waals surface area contributed by atoms with Crippen molar-refractivity contribution in [3.05, 3.63) is 0 Å². The monoisotopic (exact) mass is 194 g/mol. The quantitative estimate of drug-likeness (QED) is 0.716. The van der Waals surface area contributed by atoms with Crippen molar-refractivity contribution in [2.75, 3.05) is 0 Å². The minimum atomic E-state index is -0.279. The van der Waals surface area contributed by atoms with Crippen LogP contribution < -0.4 is 0 Å². The summed E-state index contributed by atoms with van der Waals surface area (Å²) in [6, 6.07) is 0. The van der Waals surface area contributed by atoms with E-state index in [-0.39, 0.29) is 5.60 Å². The molecular formula is C13H22O. The Morgan fingerprint density at radius 2 is 2.14 bits per heavy atom. The van der Waals surface area contributed by atoms with Crippen molar-refractivity contribution in [1.29, 1.82) is 0 Å². The number of hydrogen-bond acceptors (Lipinski definition) is 1. The lowest BCUT2D eigenvalue weighted by Gasteiger charge is -2.48. The fourth-order valence-corrected chi connectivity index (χ4v) is 4.80. The van der Waals surface area contributed by atoms with Gasteiger partial charge in [0.15, 0.2) is 0 Å². The van der Waals surface area contributed by atoms with E-state index in [0.717, 1.165) is 48.9 Å². The van der Waals surface area contributed by atoms with Crippen molar-refractivity contribution in [1.82, 2.24) is 0 Å². The van der Waals surface area contributed by atoms with Crippen molar-refractivity contribution < 1.29 is 5.11 Å². The molecule has 5 atom stereocenters. The highest BCUT2D eigenvalue weighted by Gasteiger charge is 2.73. The summed E-state index contributed by atoms with van der Waals surface area (Å²) in [5.74, 6) is 2.69. The van der Waals surface area contributed by atoms with Crippen LogP contribution in [0.1, 0.15) is 52.4 Å². The Labute approximate surface area is 86.9 Å². The molecule has 0 aromatic carbocycles. The zero-order valence-electron chi connectivity index (χ0n) is 9.42. The van der Waals surface area contributed by atoms with Gasteiger partial charge in [-0.2, -0.15) is 0 Å². The molecule has 0 heterocycles. The van der Waals surface area contributed by atoms with E-state index in [1.165, 1.54) is 12.8 Å². The fraction of sp³-hybridized carbons (Fsp3) is 1.00. The first-order chi connectivity index (χ1) is 6.62. The second-order valence-electron chi connectivity index (χ2n) is 6.13. The molecule has 0 aromatic heterocycles. The van der Waals surface area contributed by atoms with Gasteiger partial charge in [-0.3, -0.25) is 0 Å². The molecule has 1 heteroatoms. The van der Waals surface area contributed by atoms with Gasteiger partial charge >= 0.3 is 0 Å². The van der Waals surface area contributed by atoms with Crippen molar-refractivity contribution in [2.24, 2.45) is 23.2 Å². The number of rotatable bonds is 2. The van der Waals surface area contributed by atoms with Gasteiger partial charge in [0.1, 0.15) is 0 Å². The molecule has 3 saturated carbocycles. The van der Waals surface area contributed by atoms with Crippen molar-refractivity contribution in [2.45, 2.75) is 58.0 Å². The van der Waals surface area contributed by atoms with Gasteiger partial charge in [-0.25, -0.2) is 0 Å². The first kappa shape index (κ1) is 9.21. The topological polar surface area (TPSA) is 20.2 Å². The molecule has 3 rings (SSSR count). The van der Waals surface area contributed by atoms with Crippen LogP contribution in [-0.2, 0) is 0 Å². The lowest BCUT2D eigenvalue weighted by Crippen LogP contribution is -2.44. The van der Waals surface area contributed by atoms with Gasteiger partial charge < -0.3 is 5.11 Å². The lowest BCUT2D eigenvalue weighted by molar-refractivity contribution is -0.0758. The Kier molecular flexibility index (Phi) is 1.68. The van der Waals surface area contributed by atoms with Crippen LogP contribution >= 0.6 is 0 Å². The molecule has 0 bridgehead atoms. The summed E-state index contributed by atoms with van der Waals surface area (Å²) in [5, 5.41) is 10.5. The van der Waals surface area contributed by atoms with Crippen LogP contribution in [0.4, 0.5) is 0 Å². The van der Waals surface area contributed by atoms with E-state index in [1.54, 1.807) is 0 Å². The molecule has 80 valence electrons. The van der Waals surface area contributed by atoms with Crippen LogP contribution in [0.15, 0.2) is 0 Å². The summed E-state index contributed by atoms with van der Waals surface area (Å²) < 4.78 is 0. The third-order valence-electron chi connectivity index (χ3n) is 5.66. The zero-order chi connectivity index (χ0) is 9.97. The molecule has 14 heavy (non-hydrogen) atoms. The molecule has 1 nitrogen and oxygen atoms in total. The van der Waals surface area contributed by atoms with E-state index in [2.05, 4.69) is 13.8 Å². The largest absolute Gasteiger partial charge is 0.390 e. The molecule has 0 aliphatic heterocycles. The fourth-order valence-electron chi connectivity index (χ4n) is 4.80. The van der Waals surface area contributed by atoms with E-state index in [0.29, 0.717) is 0 Å². The van der Waals surface area contributed by atoms with E-state index < -0.39 is 0 Å². The van der Waals surface area contributed by atoms with Crippen LogP contribution in [0.25, 0.3) is 0 Å². The summed E-state index contributed by atoms with van der Waals surface area (Å²) in [6.07, 6.45) is 7.25. The molecule has 3 aliphatic carbocycles. The molecule has 0 amide bonds. The second kappa shape index (κ2) is 2.55. The average Bonchev–Trinajstić information content (AvgIpc) is 2.68. The summed E-state index contributed by atoms with van der Waals surface area (Å²) in [6.45, 7) is 4.60. The Hall–Kier alpha value is -0.0400. The molecule has 3 fully saturated rings. The van der Waals surface area contributed by atoms with Crippen LogP contribution in [0.2, 0.25) is 0 Å². The number of aliphatic hydroxyl groups is 1. The zero-order valence-corrected chi connectivity index (χ0v) is 9.42. The van der Waals surface area contributed by atoms with Crippen LogP contribution in [-0.4, -0.2) is 10.7 Å². The maximum atomic E-state index is 10.5. The minimum absolute atomic E-state index is 0.279. The van der Waals surface area contributed by atoms with E-state index >= 15 is 0 Å². The summed E-state index contributed by atoms with van der Waals surface area (Å²) in [4.78, 5) is 0. The molecule has 5 unspecified atom stereocenters. The van der Waals surface area contributed by atoms with Crippen LogP contribution in [0, 0.1) is 23.2 Å². The maximum Gasteiger partial charge on any atom is 0.0653 e. The predicted octanol–water partition coefficient (Wildman–Crippen LogP) is 2.97. The third-order valence-corrected chi connectivity index (χ3v) is 5.66. The first-order valence-electron chi connectivity index (χ1n) is 6.35. The highest BCUT2D eigenvalue weighted by Crippen LogP contribution is 2.78. The first-order valence-corrected chi connectivity index (χ1v) is 6.35. The minimum Gasteiger partial charge on any atom is -0.390 e. The van der Waals surface area contributed by atoms with Crippen LogP contribution in [0.5, 0.6) is 0 Å². The van der Waals surface area contributed by atoms with Gasteiger partial charge in [-0.15, -0.1) is 0 Å². The van der Waals surface area contributed by atoms with E-state index in [4.69, 9.17) is 0 Å². The maximum absolute atomic E-state index is 10.5. The van der Waals surface area contributed by atoms with E-state index in [1.807, 2.05) is 0 Å². The standard InChI is InChI=1S/C13H22O/c1-3-5-12(14)7-10-4-6-13(10)9(2)11(13)8-12/h9-11,14H,3-8H2,1-2H3. The second-order valence-corrected chi connectivity index (χ2v) is 6.13. The van der Waals surface area contributed by atoms with Gasteiger partial charge in [0.25, 0.3) is 0 Å². The highest BCUT2D eigenvalue weighted by molar-refractivity contribution is 5.21. The smallest absolute Gasteiger partial charge is 0.0653 e. The van der Waals surface area contributed by atoms with Gasteiger partial charge in [0.05, 0.1) is 5.60 Å². The third kappa shape index (κ3) is 0.900. The Morgan fingerprint density at radius 1 is 1.36 bits per heavy atom. The van der Waals surface area contributed by atoms with Gasteiger partial charge in [-0.1, -0.05) is 20.3 Å². The van der Waals surface area contributed by atoms with Crippen molar-refractivity contribution in [3.8, 4) is 0 Å². The highest BCUT2D eigenvalue weighted by atomic mass is 16.3. The molecule has 1 N–H and O–H groups in total. The molecular weight excluding hydrogens is 172 g/mol. The van der Waals surface area contributed by atoms with Gasteiger partial charge in [0, 0.05) is 0 Å². The molecule has 0 saturated heterocycles. The van der Waals surface area contributed by atoms with Crippen molar-refractivity contribution in [3.63, 3.8) is 0 Å². The molecule has 0 radical (unpaired) electrons. The van der Waals surface area contributed by atoms with E-state index in [9.17, 15) is 5.11 Å². The molecule has 0 aromatic rings. The Bertz CT molecular complexity index is 250. The lowest BCUT2D eigenvalue weighted by atomic mass is 9.59. The summed E-state index contributed by atoms with van der Waals surface area (Å²) in [5.41, 5.74) is 0.457. The van der Waals surface area contributed by atoms with Gasteiger partial charge in [0.2, 0.25) is 0 Å². The SMILES string of the molecule is CCCC1(O)CC2CCC23C(C)C3C1. The van der Waals surface area contributed by atoms with Gasteiger partial charge in [-0.05, 0) is 55.3 Å². The number of hydrogen-bond donors (Lipinski definition) is 1. The summed E-state index contributed by atoms with van der Waals surface area (Å²) in [7, 11) is 0. The van der Waals surface area contributed by atoms with Crippen LogP contribution in [0.3, 0.4) is 0 Å². The summed E-state index contributed by atoms with van der Waals surface area (Å²) >= 11 is 0. The molecule has 1 spiro atoms. The Morgan fingerprint density at radius 3 is 2.64 bits per heavy atom. The van der Waals surface area contributed by atoms with Crippen molar-refractivity contribution >= 4 is 0 Å². The predicted molar refractivity (Wildman–Crippen MR) is 56.9 cm³/mol. The Balaban J connectivity index is 1.78. The average molecular weight is 194 g/mol. The normalized spacial score (nSPS) is 59.8.